The van der Waals surface area contributed by atoms with Crippen LogP contribution in [-0.2, 0) is 5.88 Å². The maximum Gasteiger partial charge on any atom is 0.167 e. The summed E-state index contributed by atoms with van der Waals surface area (Å²) in [5, 5.41) is 4.13. The van der Waals surface area contributed by atoms with Gasteiger partial charge in [-0.05, 0) is 29.3 Å². The Kier molecular flexibility index (Phi) is 3.87. The molecule has 0 aliphatic heterocycles. The van der Waals surface area contributed by atoms with E-state index >= 15 is 0 Å². The fourth-order valence-electron chi connectivity index (χ4n) is 2.49. The van der Waals surface area contributed by atoms with Crippen molar-refractivity contribution < 1.29 is 9.13 Å². The number of halogens is 2. The number of hydrogen-bond acceptors (Lipinski definition) is 3. The van der Waals surface area contributed by atoms with E-state index in [9.17, 15) is 4.39 Å². The van der Waals surface area contributed by atoms with Crippen molar-refractivity contribution in [3.8, 4) is 5.75 Å². The van der Waals surface area contributed by atoms with E-state index in [1.165, 1.54) is 18.7 Å². The molecular formula is C15H14ClFN2OS. The van der Waals surface area contributed by atoms with Crippen LogP contribution in [0.1, 0.15) is 24.4 Å². The van der Waals surface area contributed by atoms with Crippen LogP contribution in [0.15, 0.2) is 29.0 Å². The Morgan fingerprint density at radius 1 is 1.48 bits per heavy atom. The molecule has 2 heterocycles. The molecule has 0 saturated heterocycles. The predicted molar refractivity (Wildman–Crippen MR) is 83.9 cm³/mol. The standard InChI is InChI=1S/C15H14ClFN2OS/c1-9(10-3-4-21-8-10)19-13-6-14(20-2)11(17)5-12(13)18-15(19)7-16/h3-6,8-9H,7H2,1-2H3. The zero-order valence-corrected chi connectivity index (χ0v) is 13.2. The number of nitrogens with zero attached hydrogens (tertiary/aromatic N) is 2. The molecule has 21 heavy (non-hydrogen) atoms. The summed E-state index contributed by atoms with van der Waals surface area (Å²) in [6.07, 6.45) is 0. The first-order chi connectivity index (χ1) is 10.2. The number of rotatable bonds is 4. The van der Waals surface area contributed by atoms with E-state index in [1.807, 2.05) is 9.95 Å². The van der Waals surface area contributed by atoms with Gasteiger partial charge in [-0.2, -0.15) is 11.3 Å². The van der Waals surface area contributed by atoms with E-state index in [0.29, 0.717) is 5.52 Å². The number of aromatic nitrogens is 2. The summed E-state index contributed by atoms with van der Waals surface area (Å²) in [5.74, 6) is 0.784. The Morgan fingerprint density at radius 3 is 2.90 bits per heavy atom. The number of methoxy groups -OCH3 is 1. The van der Waals surface area contributed by atoms with E-state index in [4.69, 9.17) is 16.3 Å². The highest BCUT2D eigenvalue weighted by Crippen LogP contribution is 2.31. The molecule has 1 atom stereocenters. The number of imidazole rings is 1. The molecule has 110 valence electrons. The lowest BCUT2D eigenvalue weighted by molar-refractivity contribution is 0.387. The Hall–Kier alpha value is -1.59. The molecule has 0 aliphatic rings. The van der Waals surface area contributed by atoms with Crippen molar-refractivity contribution in [3.63, 3.8) is 0 Å². The smallest absolute Gasteiger partial charge is 0.167 e. The predicted octanol–water partition coefficient (Wildman–Crippen LogP) is 4.59. The molecule has 3 rings (SSSR count). The molecule has 0 spiro atoms. The van der Waals surface area contributed by atoms with Crippen LogP contribution in [-0.4, -0.2) is 16.7 Å². The van der Waals surface area contributed by atoms with E-state index in [1.54, 1.807) is 17.4 Å². The normalized spacial score (nSPS) is 12.8. The quantitative estimate of drug-likeness (QED) is 0.656. The van der Waals surface area contributed by atoms with E-state index in [2.05, 4.69) is 23.4 Å². The number of alkyl halides is 1. The van der Waals surface area contributed by atoms with Crippen LogP contribution in [0.4, 0.5) is 4.39 Å². The third-order valence-corrected chi connectivity index (χ3v) is 4.51. The van der Waals surface area contributed by atoms with E-state index < -0.39 is 5.82 Å². The van der Waals surface area contributed by atoms with Gasteiger partial charge in [0, 0.05) is 12.1 Å². The second-order valence-electron chi connectivity index (χ2n) is 4.74. The third-order valence-electron chi connectivity index (χ3n) is 3.57. The maximum atomic E-state index is 13.8. The molecule has 1 aromatic carbocycles. The molecule has 0 bridgehead atoms. The zero-order valence-electron chi connectivity index (χ0n) is 11.6. The number of benzene rings is 1. The van der Waals surface area contributed by atoms with Crippen molar-refractivity contribution in [2.75, 3.05) is 7.11 Å². The molecule has 0 aliphatic carbocycles. The number of ether oxygens (including phenoxy) is 1. The van der Waals surface area contributed by atoms with Crippen molar-refractivity contribution in [2.45, 2.75) is 18.8 Å². The highest BCUT2D eigenvalue weighted by molar-refractivity contribution is 7.07. The number of hydrogen-bond donors (Lipinski definition) is 0. The van der Waals surface area contributed by atoms with Gasteiger partial charge >= 0.3 is 0 Å². The highest BCUT2D eigenvalue weighted by atomic mass is 35.5. The van der Waals surface area contributed by atoms with Crippen molar-refractivity contribution in [2.24, 2.45) is 0 Å². The van der Waals surface area contributed by atoms with Crippen molar-refractivity contribution in [1.29, 1.82) is 0 Å². The van der Waals surface area contributed by atoms with Crippen LogP contribution in [0, 0.1) is 5.82 Å². The summed E-state index contributed by atoms with van der Waals surface area (Å²) < 4.78 is 20.9. The second kappa shape index (κ2) is 5.66. The lowest BCUT2D eigenvalue weighted by Gasteiger charge is -2.16. The van der Waals surface area contributed by atoms with Crippen LogP contribution in [0.5, 0.6) is 5.75 Å². The topological polar surface area (TPSA) is 27.1 Å². The lowest BCUT2D eigenvalue weighted by atomic mass is 10.1. The van der Waals surface area contributed by atoms with Gasteiger partial charge in [-0.1, -0.05) is 0 Å². The molecule has 3 aromatic rings. The molecule has 0 fully saturated rings. The average Bonchev–Trinajstić information content (AvgIpc) is 3.12. The Morgan fingerprint density at radius 2 is 2.29 bits per heavy atom. The second-order valence-corrected chi connectivity index (χ2v) is 5.79. The molecule has 6 heteroatoms. The highest BCUT2D eigenvalue weighted by Gasteiger charge is 2.19. The minimum atomic E-state index is -0.418. The first kappa shape index (κ1) is 14.4. The summed E-state index contributed by atoms with van der Waals surface area (Å²) in [7, 11) is 1.45. The van der Waals surface area contributed by atoms with Gasteiger partial charge in [0.05, 0.1) is 30.1 Å². The van der Waals surface area contributed by atoms with Gasteiger partial charge < -0.3 is 9.30 Å². The minimum Gasteiger partial charge on any atom is -0.494 e. The van der Waals surface area contributed by atoms with Crippen LogP contribution in [0.3, 0.4) is 0 Å². The average molecular weight is 325 g/mol. The molecule has 0 N–H and O–H groups in total. The number of fused-ring (bicyclic) bond motifs is 1. The molecule has 0 radical (unpaired) electrons. The zero-order chi connectivity index (χ0) is 15.0. The van der Waals surface area contributed by atoms with Crippen LogP contribution in [0.25, 0.3) is 11.0 Å². The van der Waals surface area contributed by atoms with Crippen molar-refractivity contribution in [1.82, 2.24) is 9.55 Å². The molecular weight excluding hydrogens is 311 g/mol. The summed E-state index contributed by atoms with van der Waals surface area (Å²) in [6, 6.07) is 5.21. The SMILES string of the molecule is COc1cc2c(cc1F)nc(CCl)n2C(C)c1ccsc1. The van der Waals surface area contributed by atoms with Crippen molar-refractivity contribution >= 4 is 34.0 Å². The van der Waals surface area contributed by atoms with Crippen LogP contribution < -0.4 is 4.74 Å². The summed E-state index contributed by atoms with van der Waals surface area (Å²) in [6.45, 7) is 2.08. The Bertz CT molecular complexity index is 770. The van der Waals surface area contributed by atoms with Crippen LogP contribution in [0.2, 0.25) is 0 Å². The molecule has 1 unspecified atom stereocenters. The molecule has 0 saturated carbocycles. The number of thiophene rings is 1. The summed E-state index contributed by atoms with van der Waals surface area (Å²) >= 11 is 7.66. The van der Waals surface area contributed by atoms with Gasteiger partial charge in [-0.25, -0.2) is 9.37 Å². The summed E-state index contributed by atoms with van der Waals surface area (Å²) in [4.78, 5) is 4.44. The molecule has 2 aromatic heterocycles. The Labute approximate surface area is 130 Å². The van der Waals surface area contributed by atoms with Gasteiger partial charge in [0.2, 0.25) is 0 Å². The van der Waals surface area contributed by atoms with E-state index in [-0.39, 0.29) is 17.7 Å². The fourth-order valence-corrected chi connectivity index (χ4v) is 3.43. The monoisotopic (exact) mass is 324 g/mol. The molecule has 0 amide bonds. The van der Waals surface area contributed by atoms with E-state index in [0.717, 1.165) is 11.3 Å². The fraction of sp³-hybridized carbons (Fsp3) is 0.267. The van der Waals surface area contributed by atoms with Gasteiger partial charge in [-0.3, -0.25) is 0 Å². The van der Waals surface area contributed by atoms with Crippen LogP contribution >= 0.6 is 22.9 Å². The minimum absolute atomic E-state index is 0.0742. The van der Waals surface area contributed by atoms with Gasteiger partial charge in [0.15, 0.2) is 11.6 Å². The molecule has 3 nitrogen and oxygen atoms in total. The maximum absolute atomic E-state index is 13.8. The Balaban J connectivity index is 2.24. The lowest BCUT2D eigenvalue weighted by Crippen LogP contribution is -2.09. The van der Waals surface area contributed by atoms with Crippen molar-refractivity contribution in [3.05, 3.63) is 46.2 Å². The van der Waals surface area contributed by atoms with Gasteiger partial charge in [-0.15, -0.1) is 11.6 Å². The largest absolute Gasteiger partial charge is 0.494 e. The first-order valence-corrected chi connectivity index (χ1v) is 7.95. The van der Waals surface area contributed by atoms with Gasteiger partial charge in [0.1, 0.15) is 5.82 Å². The third kappa shape index (κ3) is 2.40. The first-order valence-electron chi connectivity index (χ1n) is 6.48. The summed E-state index contributed by atoms with van der Waals surface area (Å²) in [5.41, 5.74) is 2.59. The van der Waals surface area contributed by atoms with Gasteiger partial charge in [0.25, 0.3) is 0 Å².